The Hall–Kier alpha value is -0.240. The van der Waals surface area contributed by atoms with Crippen molar-refractivity contribution in [1.29, 1.82) is 0 Å². The van der Waals surface area contributed by atoms with E-state index in [0.717, 1.165) is 6.42 Å². The Morgan fingerprint density at radius 2 is 1.89 bits per heavy atom. The smallest absolute Gasteiger partial charge is 0.0595 e. The van der Waals surface area contributed by atoms with E-state index >= 15 is 0 Å². The minimum absolute atomic E-state index is 0.124. The summed E-state index contributed by atoms with van der Waals surface area (Å²) in [5.41, 5.74) is 7.84. The van der Waals surface area contributed by atoms with E-state index in [1.54, 1.807) is 0 Å². The summed E-state index contributed by atoms with van der Waals surface area (Å²) in [4.78, 5) is 0. The highest BCUT2D eigenvalue weighted by molar-refractivity contribution is 6.42. The molecular formula is C15H21Cl2N. The first kappa shape index (κ1) is 14.2. The van der Waals surface area contributed by atoms with Gasteiger partial charge in [0.1, 0.15) is 0 Å². The number of hydrogen-bond acceptors (Lipinski definition) is 1. The molecule has 0 aromatic heterocycles. The van der Waals surface area contributed by atoms with Crippen LogP contribution in [0.1, 0.15) is 45.1 Å². The molecular weight excluding hydrogens is 265 g/mol. The average molecular weight is 286 g/mol. The summed E-state index contributed by atoms with van der Waals surface area (Å²) in [5, 5.41) is 1.25. The molecule has 1 aromatic rings. The average Bonchev–Trinajstić information content (AvgIpc) is 2.20. The van der Waals surface area contributed by atoms with Crippen LogP contribution in [-0.2, 0) is 5.41 Å². The Balaban J connectivity index is 2.28. The van der Waals surface area contributed by atoms with Crippen LogP contribution in [0.25, 0.3) is 0 Å². The van der Waals surface area contributed by atoms with E-state index in [-0.39, 0.29) is 11.5 Å². The molecule has 0 bridgehead atoms. The Kier molecular flexibility index (Phi) is 4.25. The maximum atomic E-state index is 6.46. The second-order valence-electron chi connectivity index (χ2n) is 5.87. The molecule has 100 valence electrons. The van der Waals surface area contributed by atoms with Gasteiger partial charge in [-0.3, -0.25) is 0 Å². The van der Waals surface area contributed by atoms with Crippen molar-refractivity contribution in [3.05, 3.63) is 33.8 Å². The predicted octanol–water partition coefficient (Wildman–Crippen LogP) is 4.79. The van der Waals surface area contributed by atoms with Crippen LogP contribution in [0.15, 0.2) is 18.2 Å². The molecule has 1 aromatic carbocycles. The molecule has 1 nitrogen and oxygen atoms in total. The highest BCUT2D eigenvalue weighted by atomic mass is 35.5. The largest absolute Gasteiger partial charge is 0.327 e. The molecule has 1 aliphatic rings. The van der Waals surface area contributed by atoms with Crippen molar-refractivity contribution in [2.75, 3.05) is 0 Å². The minimum Gasteiger partial charge on any atom is -0.327 e. The zero-order chi connectivity index (χ0) is 13.3. The van der Waals surface area contributed by atoms with E-state index in [0.29, 0.717) is 16.0 Å². The summed E-state index contributed by atoms with van der Waals surface area (Å²) in [7, 11) is 0. The normalized spacial score (nSPS) is 19.7. The lowest BCUT2D eigenvalue weighted by Gasteiger charge is -2.47. The first-order valence-corrected chi connectivity index (χ1v) is 7.42. The Bertz CT molecular complexity index is 425. The summed E-state index contributed by atoms with van der Waals surface area (Å²) in [6.07, 6.45) is 4.64. The lowest BCUT2D eigenvalue weighted by Crippen LogP contribution is -2.50. The lowest BCUT2D eigenvalue weighted by atomic mass is 9.59. The van der Waals surface area contributed by atoms with Crippen molar-refractivity contribution in [2.24, 2.45) is 11.7 Å². The summed E-state index contributed by atoms with van der Waals surface area (Å²) >= 11 is 12.1. The third-order valence-corrected chi connectivity index (χ3v) is 4.91. The van der Waals surface area contributed by atoms with Crippen molar-refractivity contribution in [2.45, 2.75) is 51.0 Å². The number of nitrogens with two attached hydrogens (primary N) is 1. The molecule has 1 fully saturated rings. The molecule has 0 radical (unpaired) electrons. The van der Waals surface area contributed by atoms with Crippen LogP contribution in [0.5, 0.6) is 0 Å². The van der Waals surface area contributed by atoms with E-state index in [9.17, 15) is 0 Å². The highest BCUT2D eigenvalue weighted by Gasteiger charge is 2.43. The van der Waals surface area contributed by atoms with Crippen LogP contribution in [0, 0.1) is 5.92 Å². The van der Waals surface area contributed by atoms with Crippen molar-refractivity contribution in [3.63, 3.8) is 0 Å². The summed E-state index contributed by atoms with van der Waals surface area (Å²) in [6.45, 7) is 4.45. The molecule has 2 rings (SSSR count). The van der Waals surface area contributed by atoms with Gasteiger partial charge >= 0.3 is 0 Å². The number of hydrogen-bond donors (Lipinski definition) is 1. The van der Waals surface area contributed by atoms with Crippen molar-refractivity contribution in [3.8, 4) is 0 Å². The molecule has 18 heavy (non-hydrogen) atoms. The van der Waals surface area contributed by atoms with E-state index in [1.165, 1.54) is 24.8 Å². The summed E-state index contributed by atoms with van der Waals surface area (Å²) < 4.78 is 0. The van der Waals surface area contributed by atoms with Gasteiger partial charge in [0, 0.05) is 11.5 Å². The molecule has 0 saturated heterocycles. The monoisotopic (exact) mass is 285 g/mol. The van der Waals surface area contributed by atoms with Gasteiger partial charge in [0.05, 0.1) is 10.0 Å². The maximum absolute atomic E-state index is 6.46. The molecule has 1 saturated carbocycles. The van der Waals surface area contributed by atoms with Gasteiger partial charge < -0.3 is 5.73 Å². The van der Waals surface area contributed by atoms with Gasteiger partial charge in [-0.05, 0) is 42.9 Å². The molecule has 1 unspecified atom stereocenters. The molecule has 3 heteroatoms. The first-order valence-electron chi connectivity index (χ1n) is 6.67. The van der Waals surface area contributed by atoms with Crippen LogP contribution in [0.4, 0.5) is 0 Å². The first-order chi connectivity index (χ1) is 8.45. The van der Waals surface area contributed by atoms with Crippen LogP contribution in [0.2, 0.25) is 10.0 Å². The minimum atomic E-state index is 0.124. The number of benzene rings is 1. The van der Waals surface area contributed by atoms with Gasteiger partial charge in [0.2, 0.25) is 0 Å². The van der Waals surface area contributed by atoms with Crippen LogP contribution < -0.4 is 5.73 Å². The third-order valence-electron chi connectivity index (χ3n) is 4.18. The zero-order valence-corrected chi connectivity index (χ0v) is 12.6. The number of rotatable bonds is 4. The van der Waals surface area contributed by atoms with Crippen LogP contribution >= 0.6 is 23.2 Å². The Labute approximate surface area is 120 Å². The van der Waals surface area contributed by atoms with E-state index in [4.69, 9.17) is 28.9 Å². The molecule has 0 aliphatic heterocycles. The summed E-state index contributed by atoms with van der Waals surface area (Å²) in [5.74, 6) is 0.625. The predicted molar refractivity (Wildman–Crippen MR) is 79.4 cm³/mol. The third kappa shape index (κ3) is 2.54. The van der Waals surface area contributed by atoms with E-state index in [1.807, 2.05) is 12.1 Å². The zero-order valence-electron chi connectivity index (χ0n) is 11.0. The fraction of sp³-hybridized carbons (Fsp3) is 0.600. The SMILES string of the molecule is CC(C)CC(N)C1(c2ccc(Cl)c(Cl)c2)CCC1. The van der Waals surface area contributed by atoms with Crippen molar-refractivity contribution < 1.29 is 0 Å². The highest BCUT2D eigenvalue weighted by Crippen LogP contribution is 2.48. The number of halogens is 2. The van der Waals surface area contributed by atoms with Gasteiger partial charge in [-0.25, -0.2) is 0 Å². The van der Waals surface area contributed by atoms with Gasteiger partial charge in [0.15, 0.2) is 0 Å². The van der Waals surface area contributed by atoms with Crippen LogP contribution in [-0.4, -0.2) is 6.04 Å². The van der Waals surface area contributed by atoms with Crippen molar-refractivity contribution >= 4 is 23.2 Å². The van der Waals surface area contributed by atoms with E-state index < -0.39 is 0 Å². The molecule has 0 amide bonds. The van der Waals surface area contributed by atoms with Gasteiger partial charge in [0.25, 0.3) is 0 Å². The molecule has 0 heterocycles. The summed E-state index contributed by atoms with van der Waals surface area (Å²) in [6, 6.07) is 6.20. The second-order valence-corrected chi connectivity index (χ2v) is 6.69. The van der Waals surface area contributed by atoms with Gasteiger partial charge in [-0.15, -0.1) is 0 Å². The van der Waals surface area contributed by atoms with Crippen molar-refractivity contribution in [1.82, 2.24) is 0 Å². The fourth-order valence-corrected chi connectivity index (χ4v) is 3.27. The van der Waals surface area contributed by atoms with Crippen LogP contribution in [0.3, 0.4) is 0 Å². The van der Waals surface area contributed by atoms with Gasteiger partial charge in [-0.1, -0.05) is 49.5 Å². The van der Waals surface area contributed by atoms with Gasteiger partial charge in [-0.2, -0.15) is 0 Å². The fourth-order valence-electron chi connectivity index (χ4n) is 2.97. The van der Waals surface area contributed by atoms with E-state index in [2.05, 4.69) is 19.9 Å². The molecule has 1 atom stereocenters. The quantitative estimate of drug-likeness (QED) is 0.846. The maximum Gasteiger partial charge on any atom is 0.0595 e. The Morgan fingerprint density at radius 1 is 1.22 bits per heavy atom. The second kappa shape index (κ2) is 5.40. The molecule has 2 N–H and O–H groups in total. The lowest BCUT2D eigenvalue weighted by molar-refractivity contribution is 0.178. The topological polar surface area (TPSA) is 26.0 Å². The Morgan fingerprint density at radius 3 is 2.33 bits per heavy atom. The molecule has 0 spiro atoms. The standard InChI is InChI=1S/C15H21Cl2N/c1-10(2)8-14(18)15(6-3-7-15)11-4-5-12(16)13(17)9-11/h4-5,9-10,14H,3,6-8,18H2,1-2H3. The molecule has 1 aliphatic carbocycles.